The third-order valence-electron chi connectivity index (χ3n) is 2.78. The van der Waals surface area contributed by atoms with Gasteiger partial charge in [-0.05, 0) is 17.5 Å². The molecule has 1 unspecified atom stereocenters. The van der Waals surface area contributed by atoms with Crippen LogP contribution in [0.4, 0.5) is 0 Å². The number of aliphatic hydroxyl groups is 1. The molecule has 0 bridgehead atoms. The third kappa shape index (κ3) is 1.96. The van der Waals surface area contributed by atoms with Crippen LogP contribution in [-0.2, 0) is 0 Å². The summed E-state index contributed by atoms with van der Waals surface area (Å²) >= 11 is 7.47. The summed E-state index contributed by atoms with van der Waals surface area (Å²) in [6, 6.07) is 7.28. The molecule has 1 aromatic heterocycles. The van der Waals surface area contributed by atoms with Crippen molar-refractivity contribution in [3.63, 3.8) is 0 Å². The number of halogens is 1. The molecule has 1 aliphatic rings. The van der Waals surface area contributed by atoms with Crippen molar-refractivity contribution in [2.24, 2.45) is 0 Å². The zero-order valence-electron chi connectivity index (χ0n) is 9.43. The van der Waals surface area contributed by atoms with Gasteiger partial charge < -0.3 is 14.6 Å². The Labute approximate surface area is 114 Å². The van der Waals surface area contributed by atoms with E-state index in [4.69, 9.17) is 21.1 Å². The minimum absolute atomic E-state index is 0.495. The van der Waals surface area contributed by atoms with E-state index in [0.717, 1.165) is 4.88 Å². The number of para-hydroxylation sites is 1. The smallest absolute Gasteiger partial charge is 0.167 e. The normalized spacial score (nSPS) is 15.4. The maximum atomic E-state index is 10.4. The maximum absolute atomic E-state index is 10.4. The van der Waals surface area contributed by atoms with E-state index in [0.29, 0.717) is 35.3 Å². The van der Waals surface area contributed by atoms with E-state index in [9.17, 15) is 5.11 Å². The zero-order valence-corrected chi connectivity index (χ0v) is 11.0. The number of hydrogen-bond donors (Lipinski definition) is 1. The van der Waals surface area contributed by atoms with E-state index < -0.39 is 6.10 Å². The van der Waals surface area contributed by atoms with Crippen molar-refractivity contribution in [2.45, 2.75) is 6.10 Å². The quantitative estimate of drug-likeness (QED) is 0.919. The van der Waals surface area contributed by atoms with E-state index in [1.165, 1.54) is 11.3 Å². The molecule has 1 N–H and O–H groups in total. The van der Waals surface area contributed by atoms with Crippen molar-refractivity contribution in [3.05, 3.63) is 45.1 Å². The predicted octanol–water partition coefficient (Wildman–Crippen LogP) is 3.25. The van der Waals surface area contributed by atoms with Crippen molar-refractivity contribution in [3.8, 4) is 11.5 Å². The Bertz CT molecular complexity index is 567. The van der Waals surface area contributed by atoms with Crippen LogP contribution in [0.25, 0.3) is 0 Å². The number of fused-ring (bicyclic) bond motifs is 1. The van der Waals surface area contributed by atoms with E-state index in [1.807, 2.05) is 23.6 Å². The number of thiophene rings is 1. The van der Waals surface area contributed by atoms with Crippen LogP contribution in [0.1, 0.15) is 16.5 Å². The lowest BCUT2D eigenvalue weighted by atomic mass is 10.1. The summed E-state index contributed by atoms with van der Waals surface area (Å²) in [5, 5.41) is 12.8. The fraction of sp³-hybridized carbons (Fsp3) is 0.231. The van der Waals surface area contributed by atoms with Crippen LogP contribution < -0.4 is 9.47 Å². The van der Waals surface area contributed by atoms with Gasteiger partial charge >= 0.3 is 0 Å². The van der Waals surface area contributed by atoms with E-state index in [-0.39, 0.29) is 0 Å². The molecule has 0 amide bonds. The van der Waals surface area contributed by atoms with Gasteiger partial charge in [0, 0.05) is 5.56 Å². The monoisotopic (exact) mass is 282 g/mol. The van der Waals surface area contributed by atoms with Gasteiger partial charge in [-0.1, -0.05) is 23.7 Å². The van der Waals surface area contributed by atoms with Crippen LogP contribution in [-0.4, -0.2) is 18.3 Å². The van der Waals surface area contributed by atoms with Gasteiger partial charge in [0.05, 0.1) is 9.90 Å². The van der Waals surface area contributed by atoms with Crippen molar-refractivity contribution < 1.29 is 14.6 Å². The predicted molar refractivity (Wildman–Crippen MR) is 70.8 cm³/mol. The van der Waals surface area contributed by atoms with Crippen LogP contribution >= 0.6 is 22.9 Å². The van der Waals surface area contributed by atoms with Crippen molar-refractivity contribution in [1.82, 2.24) is 0 Å². The number of rotatable bonds is 2. The largest absolute Gasteiger partial charge is 0.486 e. The van der Waals surface area contributed by atoms with Gasteiger partial charge in [0.25, 0.3) is 0 Å². The Balaban J connectivity index is 2.04. The number of hydrogen-bond acceptors (Lipinski definition) is 4. The average Bonchev–Trinajstić information content (AvgIpc) is 2.83. The number of aliphatic hydroxyl groups excluding tert-OH is 1. The van der Waals surface area contributed by atoms with Gasteiger partial charge in [-0.3, -0.25) is 0 Å². The first-order chi connectivity index (χ1) is 8.77. The van der Waals surface area contributed by atoms with Crippen molar-refractivity contribution >= 4 is 22.9 Å². The summed E-state index contributed by atoms with van der Waals surface area (Å²) in [6.07, 6.45) is -0.783. The summed E-state index contributed by atoms with van der Waals surface area (Å²) < 4.78 is 11.1. The Kier molecular flexibility index (Phi) is 3.16. The minimum atomic E-state index is -0.783. The Morgan fingerprint density at radius 2 is 2.06 bits per heavy atom. The first-order valence-electron chi connectivity index (χ1n) is 5.57. The highest BCUT2D eigenvalue weighted by molar-refractivity contribution is 7.10. The second-order valence-electron chi connectivity index (χ2n) is 3.91. The van der Waals surface area contributed by atoms with Crippen molar-refractivity contribution in [1.29, 1.82) is 0 Å². The third-order valence-corrected chi connectivity index (χ3v) is 4.20. The summed E-state index contributed by atoms with van der Waals surface area (Å²) in [5.41, 5.74) is 0.691. The standard InChI is InChI=1S/C13H11ClO3S/c14-9-4-7-18-13(9)11(15)8-2-1-3-10-12(8)17-6-5-16-10/h1-4,7,11,15H,5-6H2. The van der Waals surface area contributed by atoms with Gasteiger partial charge in [-0.2, -0.15) is 0 Å². The van der Waals surface area contributed by atoms with Crippen LogP contribution in [0.5, 0.6) is 11.5 Å². The molecule has 0 aliphatic carbocycles. The summed E-state index contributed by atoms with van der Waals surface area (Å²) in [5.74, 6) is 1.28. The molecule has 2 heterocycles. The first kappa shape index (κ1) is 11.8. The molecule has 3 nitrogen and oxygen atoms in total. The molecule has 0 radical (unpaired) electrons. The molecule has 18 heavy (non-hydrogen) atoms. The Hall–Kier alpha value is -1.23. The van der Waals surface area contributed by atoms with Gasteiger partial charge in [-0.15, -0.1) is 11.3 Å². The maximum Gasteiger partial charge on any atom is 0.167 e. The SMILES string of the molecule is OC(c1cccc2c1OCCO2)c1sccc1Cl. The molecular weight excluding hydrogens is 272 g/mol. The molecular formula is C13H11ClO3S. The molecule has 0 saturated heterocycles. The fourth-order valence-corrected chi connectivity index (χ4v) is 3.12. The van der Waals surface area contributed by atoms with Crippen LogP contribution in [0, 0.1) is 0 Å². The molecule has 2 aromatic rings. The van der Waals surface area contributed by atoms with E-state index >= 15 is 0 Å². The second-order valence-corrected chi connectivity index (χ2v) is 5.26. The summed E-state index contributed by atoms with van der Waals surface area (Å²) in [4.78, 5) is 0.722. The molecule has 94 valence electrons. The van der Waals surface area contributed by atoms with Crippen molar-refractivity contribution in [2.75, 3.05) is 13.2 Å². The molecule has 0 fully saturated rings. The van der Waals surface area contributed by atoms with Gasteiger partial charge in [0.2, 0.25) is 0 Å². The highest BCUT2D eigenvalue weighted by Gasteiger charge is 2.23. The Morgan fingerprint density at radius 1 is 1.22 bits per heavy atom. The van der Waals surface area contributed by atoms with Gasteiger partial charge in [0.1, 0.15) is 19.3 Å². The molecule has 0 spiro atoms. The molecule has 1 aromatic carbocycles. The topological polar surface area (TPSA) is 38.7 Å². The lowest BCUT2D eigenvalue weighted by molar-refractivity contribution is 0.159. The van der Waals surface area contributed by atoms with Gasteiger partial charge in [0.15, 0.2) is 11.5 Å². The van der Waals surface area contributed by atoms with E-state index in [1.54, 1.807) is 6.07 Å². The minimum Gasteiger partial charge on any atom is -0.486 e. The molecule has 1 aliphatic heterocycles. The summed E-state index contributed by atoms with van der Waals surface area (Å²) in [7, 11) is 0. The number of benzene rings is 1. The van der Waals surface area contributed by atoms with Crippen LogP contribution in [0.2, 0.25) is 5.02 Å². The number of ether oxygens (including phenoxy) is 2. The van der Waals surface area contributed by atoms with E-state index in [2.05, 4.69) is 0 Å². The zero-order chi connectivity index (χ0) is 12.5. The molecule has 5 heteroatoms. The molecule has 3 rings (SSSR count). The lowest BCUT2D eigenvalue weighted by Gasteiger charge is -2.22. The van der Waals surface area contributed by atoms with Gasteiger partial charge in [-0.25, -0.2) is 0 Å². The molecule has 1 atom stereocenters. The second kappa shape index (κ2) is 4.80. The van der Waals surface area contributed by atoms with Crippen LogP contribution in [0.15, 0.2) is 29.6 Å². The summed E-state index contributed by atoms with van der Waals surface area (Å²) in [6.45, 7) is 1.03. The first-order valence-corrected chi connectivity index (χ1v) is 6.82. The highest BCUT2D eigenvalue weighted by Crippen LogP contribution is 2.41. The molecule has 0 saturated carbocycles. The average molecular weight is 283 g/mol. The van der Waals surface area contributed by atoms with Crippen LogP contribution in [0.3, 0.4) is 0 Å². The Morgan fingerprint density at radius 3 is 2.83 bits per heavy atom. The fourth-order valence-electron chi connectivity index (χ4n) is 1.95. The highest BCUT2D eigenvalue weighted by atomic mass is 35.5. The lowest BCUT2D eigenvalue weighted by Crippen LogP contribution is -2.17.